The van der Waals surface area contributed by atoms with E-state index in [9.17, 15) is 4.79 Å². The van der Waals surface area contributed by atoms with Gasteiger partial charge in [0.05, 0.1) is 17.1 Å². The van der Waals surface area contributed by atoms with Crippen molar-refractivity contribution in [2.75, 3.05) is 0 Å². The number of aromatic nitrogens is 1. The van der Waals surface area contributed by atoms with E-state index in [4.69, 9.17) is 17.3 Å². The van der Waals surface area contributed by atoms with Gasteiger partial charge in [-0.1, -0.05) is 24.3 Å². The van der Waals surface area contributed by atoms with Gasteiger partial charge in [0.2, 0.25) is 0 Å². The molecule has 2 rings (SSSR count). The van der Waals surface area contributed by atoms with E-state index in [-0.39, 0.29) is 0 Å². The fourth-order valence-electron chi connectivity index (χ4n) is 1.87. The van der Waals surface area contributed by atoms with E-state index in [0.29, 0.717) is 11.4 Å². The number of alkyl halides is 1. The number of hydrogen-bond acceptors (Lipinski definition) is 2. The summed E-state index contributed by atoms with van der Waals surface area (Å²) in [5.74, 6) is -0.181. The Morgan fingerprint density at radius 3 is 2.67 bits per heavy atom. The summed E-state index contributed by atoms with van der Waals surface area (Å²) in [6.07, 6.45) is 1.49. The van der Waals surface area contributed by atoms with Crippen LogP contribution < -0.4 is 5.73 Å². The van der Waals surface area contributed by atoms with E-state index in [1.807, 2.05) is 37.3 Å². The third-order valence-electron chi connectivity index (χ3n) is 2.80. The normalized spacial score (nSPS) is 10.3. The van der Waals surface area contributed by atoms with Crippen molar-refractivity contribution in [3.05, 3.63) is 53.3 Å². The second-order valence-corrected chi connectivity index (χ2v) is 4.30. The first-order chi connectivity index (χ1) is 8.63. The first-order valence-corrected chi connectivity index (χ1v) is 6.07. The average molecular weight is 261 g/mol. The number of nitrogens with zero attached hydrogens (tertiary/aromatic N) is 1. The molecule has 4 heteroatoms. The highest BCUT2D eigenvalue weighted by Gasteiger charge is 2.13. The second-order valence-electron chi connectivity index (χ2n) is 4.03. The van der Waals surface area contributed by atoms with Crippen molar-refractivity contribution in [3.63, 3.8) is 0 Å². The van der Waals surface area contributed by atoms with E-state index in [1.165, 1.54) is 6.20 Å². The largest absolute Gasteiger partial charge is 0.366 e. The summed E-state index contributed by atoms with van der Waals surface area (Å²) in [4.78, 5) is 15.6. The zero-order valence-electron chi connectivity index (χ0n) is 9.98. The van der Waals surface area contributed by atoms with Gasteiger partial charge in [-0.05, 0) is 29.7 Å². The Hall–Kier alpha value is -1.87. The standard InChI is InChI=1S/C14H13ClN2O/c1-9-4-2-3-5-11(9)12-6-10(7-15)17-8-13(12)14(16)18/h2-6,8H,7H2,1H3,(H2,16,18). The molecule has 92 valence electrons. The topological polar surface area (TPSA) is 56.0 Å². The number of amides is 1. The van der Waals surface area contributed by atoms with E-state index in [2.05, 4.69) is 4.98 Å². The van der Waals surface area contributed by atoms with Gasteiger partial charge in [-0.2, -0.15) is 0 Å². The van der Waals surface area contributed by atoms with Crippen molar-refractivity contribution in [2.45, 2.75) is 12.8 Å². The molecule has 0 atom stereocenters. The number of hydrogen-bond donors (Lipinski definition) is 1. The average Bonchev–Trinajstić information content (AvgIpc) is 2.38. The number of aryl methyl sites for hydroxylation is 1. The maximum absolute atomic E-state index is 11.5. The quantitative estimate of drug-likeness (QED) is 0.863. The van der Waals surface area contributed by atoms with Gasteiger partial charge in [0.25, 0.3) is 5.91 Å². The van der Waals surface area contributed by atoms with Crippen molar-refractivity contribution in [1.29, 1.82) is 0 Å². The first-order valence-electron chi connectivity index (χ1n) is 5.54. The van der Waals surface area contributed by atoms with Gasteiger partial charge >= 0.3 is 0 Å². The molecule has 1 amide bonds. The third-order valence-corrected chi connectivity index (χ3v) is 3.07. The number of primary amides is 1. The molecular formula is C14H13ClN2O. The van der Waals surface area contributed by atoms with Crippen molar-refractivity contribution in [3.8, 4) is 11.1 Å². The number of carbonyl (C=O) groups excluding carboxylic acids is 1. The van der Waals surface area contributed by atoms with Crippen LogP contribution in [0.4, 0.5) is 0 Å². The Kier molecular flexibility index (Phi) is 3.63. The number of halogens is 1. The molecule has 0 unspecified atom stereocenters. The van der Waals surface area contributed by atoms with Crippen LogP contribution in [0.2, 0.25) is 0 Å². The van der Waals surface area contributed by atoms with Gasteiger partial charge in [-0.25, -0.2) is 0 Å². The van der Waals surface area contributed by atoms with Crippen LogP contribution in [0.25, 0.3) is 11.1 Å². The molecular weight excluding hydrogens is 248 g/mol. The highest BCUT2D eigenvalue weighted by atomic mass is 35.5. The van der Waals surface area contributed by atoms with Crippen LogP contribution in [0.5, 0.6) is 0 Å². The third kappa shape index (κ3) is 2.36. The van der Waals surface area contributed by atoms with Crippen molar-refractivity contribution in [2.24, 2.45) is 5.73 Å². The number of nitrogens with two attached hydrogens (primary N) is 1. The van der Waals surface area contributed by atoms with Gasteiger partial charge in [-0.3, -0.25) is 9.78 Å². The molecule has 1 heterocycles. The second kappa shape index (κ2) is 5.19. The number of benzene rings is 1. The highest BCUT2D eigenvalue weighted by Crippen LogP contribution is 2.27. The molecule has 0 saturated carbocycles. The lowest BCUT2D eigenvalue weighted by molar-refractivity contribution is 0.100. The van der Waals surface area contributed by atoms with E-state index in [0.717, 1.165) is 22.4 Å². The SMILES string of the molecule is Cc1ccccc1-c1cc(CCl)ncc1C(N)=O. The minimum Gasteiger partial charge on any atom is -0.366 e. The fraction of sp³-hybridized carbons (Fsp3) is 0.143. The predicted molar refractivity (Wildman–Crippen MR) is 72.5 cm³/mol. The molecule has 1 aromatic heterocycles. The Morgan fingerprint density at radius 1 is 1.33 bits per heavy atom. The molecule has 2 aromatic rings. The van der Waals surface area contributed by atoms with Crippen LogP contribution in [0.15, 0.2) is 36.5 Å². The summed E-state index contributed by atoms with van der Waals surface area (Å²) in [5.41, 5.74) is 9.35. The van der Waals surface area contributed by atoms with Crippen molar-refractivity contribution in [1.82, 2.24) is 4.98 Å². The maximum atomic E-state index is 11.5. The molecule has 0 fully saturated rings. The lowest BCUT2D eigenvalue weighted by Crippen LogP contribution is -2.13. The molecule has 0 radical (unpaired) electrons. The molecule has 0 aliphatic rings. The highest BCUT2D eigenvalue weighted by molar-refractivity contribution is 6.17. The molecule has 1 aromatic carbocycles. The van der Waals surface area contributed by atoms with Crippen LogP contribution in [0, 0.1) is 6.92 Å². The van der Waals surface area contributed by atoms with Crippen LogP contribution in [-0.2, 0) is 5.88 Å². The smallest absolute Gasteiger partial charge is 0.250 e. The minimum atomic E-state index is -0.484. The molecule has 0 bridgehead atoms. The zero-order valence-corrected chi connectivity index (χ0v) is 10.7. The van der Waals surface area contributed by atoms with Gasteiger partial charge < -0.3 is 5.73 Å². The van der Waals surface area contributed by atoms with Crippen LogP contribution >= 0.6 is 11.6 Å². The van der Waals surface area contributed by atoms with Crippen molar-refractivity contribution >= 4 is 17.5 Å². The summed E-state index contributed by atoms with van der Waals surface area (Å²) >= 11 is 5.78. The monoisotopic (exact) mass is 260 g/mol. The van der Waals surface area contributed by atoms with Gasteiger partial charge in [0.15, 0.2) is 0 Å². The van der Waals surface area contributed by atoms with Gasteiger partial charge in [-0.15, -0.1) is 11.6 Å². The molecule has 18 heavy (non-hydrogen) atoms. The van der Waals surface area contributed by atoms with E-state index < -0.39 is 5.91 Å². The number of rotatable bonds is 3. The zero-order chi connectivity index (χ0) is 13.1. The molecule has 3 nitrogen and oxygen atoms in total. The Bertz CT molecular complexity index is 596. The fourth-order valence-corrected chi connectivity index (χ4v) is 2.01. The van der Waals surface area contributed by atoms with Gasteiger partial charge in [0, 0.05) is 6.20 Å². The van der Waals surface area contributed by atoms with Crippen LogP contribution in [0.3, 0.4) is 0 Å². The summed E-state index contributed by atoms with van der Waals surface area (Å²) in [5, 5.41) is 0. The Morgan fingerprint density at radius 2 is 2.06 bits per heavy atom. The molecule has 2 N–H and O–H groups in total. The number of carbonyl (C=O) groups is 1. The summed E-state index contributed by atoms with van der Waals surface area (Å²) in [6.45, 7) is 1.99. The molecule has 0 saturated heterocycles. The Balaban J connectivity index is 2.68. The minimum absolute atomic E-state index is 0.303. The lowest BCUT2D eigenvalue weighted by Gasteiger charge is -2.10. The predicted octanol–water partition coefficient (Wildman–Crippen LogP) is 2.89. The molecule has 0 aliphatic heterocycles. The van der Waals surface area contributed by atoms with Crippen molar-refractivity contribution < 1.29 is 4.79 Å². The van der Waals surface area contributed by atoms with E-state index >= 15 is 0 Å². The first kappa shape index (κ1) is 12.6. The van der Waals surface area contributed by atoms with Gasteiger partial charge in [0.1, 0.15) is 0 Å². The summed E-state index contributed by atoms with van der Waals surface area (Å²) in [7, 11) is 0. The number of pyridine rings is 1. The van der Waals surface area contributed by atoms with Crippen LogP contribution in [-0.4, -0.2) is 10.9 Å². The molecule has 0 aliphatic carbocycles. The summed E-state index contributed by atoms with van der Waals surface area (Å²) < 4.78 is 0. The Labute approximate surface area is 111 Å². The van der Waals surface area contributed by atoms with E-state index in [1.54, 1.807) is 0 Å². The van der Waals surface area contributed by atoms with Crippen LogP contribution in [0.1, 0.15) is 21.6 Å². The molecule has 0 spiro atoms. The lowest BCUT2D eigenvalue weighted by atomic mass is 9.96. The summed E-state index contributed by atoms with van der Waals surface area (Å²) in [6, 6.07) is 9.63. The maximum Gasteiger partial charge on any atom is 0.250 e.